The van der Waals surface area contributed by atoms with Crippen molar-refractivity contribution in [1.29, 1.82) is 0 Å². The van der Waals surface area contributed by atoms with Crippen LogP contribution in [-0.2, 0) is 0 Å². The van der Waals surface area contributed by atoms with E-state index in [-0.39, 0.29) is 0 Å². The van der Waals surface area contributed by atoms with Gasteiger partial charge in [-0.1, -0.05) is 6.92 Å². The molecule has 1 heterocycles. The summed E-state index contributed by atoms with van der Waals surface area (Å²) < 4.78 is 0. The maximum absolute atomic E-state index is 2.89. The Bertz CT molecular complexity index is 268. The van der Waals surface area contributed by atoms with Gasteiger partial charge in [-0.3, -0.25) is 4.90 Å². The molecule has 1 heteroatoms. The molecule has 0 aromatic carbocycles. The SMILES string of the molecule is CCN1CCCC12[C@H]1C[C@H]3C[C@H](C1)C[C@H]2C3. The van der Waals surface area contributed by atoms with E-state index >= 15 is 0 Å². The topological polar surface area (TPSA) is 3.24 Å². The minimum Gasteiger partial charge on any atom is -0.297 e. The van der Waals surface area contributed by atoms with E-state index in [0.717, 1.165) is 23.7 Å². The fourth-order valence-electron chi connectivity index (χ4n) is 6.30. The highest BCUT2D eigenvalue weighted by Crippen LogP contribution is 2.62. The lowest BCUT2D eigenvalue weighted by Crippen LogP contribution is -2.63. The van der Waals surface area contributed by atoms with Crippen LogP contribution in [0.1, 0.15) is 51.9 Å². The molecule has 1 aliphatic heterocycles. The predicted molar refractivity (Wildman–Crippen MR) is 66.3 cm³/mol. The van der Waals surface area contributed by atoms with Gasteiger partial charge in [0.25, 0.3) is 0 Å². The van der Waals surface area contributed by atoms with Gasteiger partial charge in [0, 0.05) is 5.54 Å². The molecular weight excluding hydrogens is 194 g/mol. The molecule has 4 aliphatic carbocycles. The van der Waals surface area contributed by atoms with E-state index in [1.54, 1.807) is 32.1 Å². The van der Waals surface area contributed by atoms with Gasteiger partial charge in [0.1, 0.15) is 0 Å². The first-order chi connectivity index (χ1) is 7.83. The van der Waals surface area contributed by atoms with Crippen molar-refractivity contribution in [1.82, 2.24) is 4.90 Å². The molecule has 5 rings (SSSR count). The number of nitrogens with zero attached hydrogens (tertiary/aromatic N) is 1. The summed E-state index contributed by atoms with van der Waals surface area (Å²) in [4.78, 5) is 2.89. The van der Waals surface area contributed by atoms with E-state index in [1.807, 2.05) is 0 Å². The molecular formula is C15H25N. The van der Waals surface area contributed by atoms with Crippen LogP contribution in [-0.4, -0.2) is 23.5 Å². The van der Waals surface area contributed by atoms with Crippen molar-refractivity contribution >= 4 is 0 Å². The first-order valence-electron chi connectivity index (χ1n) is 7.58. The monoisotopic (exact) mass is 219 g/mol. The van der Waals surface area contributed by atoms with Crippen LogP contribution in [0.4, 0.5) is 0 Å². The Balaban J connectivity index is 1.73. The maximum Gasteiger partial charge on any atom is 0.0266 e. The average Bonchev–Trinajstić information content (AvgIpc) is 2.69. The van der Waals surface area contributed by atoms with E-state index in [4.69, 9.17) is 0 Å². The highest BCUT2D eigenvalue weighted by molar-refractivity contribution is 5.13. The number of likely N-dealkylation sites (tertiary alicyclic amines) is 1. The number of hydrogen-bond donors (Lipinski definition) is 0. The standard InChI is InChI=1S/C15H25N/c1-2-16-5-3-4-15(16)13-7-11-6-12(9-13)10-14(15)8-11/h11-14H,2-10H2,1H3/t11-,12-,13-,14+,15?. The van der Waals surface area contributed by atoms with Gasteiger partial charge in [-0.25, -0.2) is 0 Å². The Morgan fingerprint density at radius 3 is 2.19 bits per heavy atom. The molecule has 1 spiro atoms. The van der Waals surface area contributed by atoms with E-state index in [9.17, 15) is 0 Å². The minimum atomic E-state index is 0.697. The molecule has 0 aromatic rings. The third-order valence-electron chi connectivity index (χ3n) is 6.53. The van der Waals surface area contributed by atoms with E-state index in [0.29, 0.717) is 5.54 Å². The molecule has 1 saturated heterocycles. The lowest BCUT2D eigenvalue weighted by Gasteiger charge is -2.63. The summed E-state index contributed by atoms with van der Waals surface area (Å²) in [6, 6.07) is 0. The Labute approximate surface area is 99.6 Å². The lowest BCUT2D eigenvalue weighted by molar-refractivity contribution is -0.117. The van der Waals surface area contributed by atoms with Gasteiger partial charge >= 0.3 is 0 Å². The Hall–Kier alpha value is -0.0400. The largest absolute Gasteiger partial charge is 0.297 e. The predicted octanol–water partition coefficient (Wildman–Crippen LogP) is 3.30. The molecule has 0 amide bonds. The second kappa shape index (κ2) is 3.25. The van der Waals surface area contributed by atoms with E-state index < -0.39 is 0 Å². The van der Waals surface area contributed by atoms with Crippen molar-refractivity contribution < 1.29 is 0 Å². The molecule has 16 heavy (non-hydrogen) atoms. The van der Waals surface area contributed by atoms with Crippen LogP contribution in [0.3, 0.4) is 0 Å². The fourth-order valence-corrected chi connectivity index (χ4v) is 6.30. The summed E-state index contributed by atoms with van der Waals surface area (Å²) in [6.45, 7) is 5.10. The first kappa shape index (κ1) is 9.94. The summed E-state index contributed by atoms with van der Waals surface area (Å²) in [5, 5.41) is 0. The maximum atomic E-state index is 2.89. The quantitative estimate of drug-likeness (QED) is 0.654. The van der Waals surface area contributed by atoms with E-state index in [2.05, 4.69) is 11.8 Å². The van der Waals surface area contributed by atoms with Gasteiger partial charge in [-0.2, -0.15) is 0 Å². The zero-order chi connectivity index (χ0) is 10.8. The van der Waals surface area contributed by atoms with Crippen molar-refractivity contribution in [2.24, 2.45) is 23.7 Å². The summed E-state index contributed by atoms with van der Waals surface area (Å²) in [7, 11) is 0. The average molecular weight is 219 g/mol. The Morgan fingerprint density at radius 2 is 1.62 bits per heavy atom. The van der Waals surface area contributed by atoms with Crippen LogP contribution in [0, 0.1) is 23.7 Å². The van der Waals surface area contributed by atoms with Crippen molar-refractivity contribution in [3.8, 4) is 0 Å². The molecule has 0 N–H and O–H groups in total. The summed E-state index contributed by atoms with van der Waals surface area (Å²) in [5.41, 5.74) is 0.697. The molecule has 0 atom stereocenters. The van der Waals surface area contributed by atoms with Crippen molar-refractivity contribution in [3.05, 3.63) is 0 Å². The second-order valence-corrected chi connectivity index (χ2v) is 6.98. The van der Waals surface area contributed by atoms with Gasteiger partial charge < -0.3 is 0 Å². The zero-order valence-corrected chi connectivity index (χ0v) is 10.6. The highest BCUT2D eigenvalue weighted by atomic mass is 15.2. The van der Waals surface area contributed by atoms with Crippen LogP contribution in [0.25, 0.3) is 0 Å². The van der Waals surface area contributed by atoms with Gasteiger partial charge in [0.05, 0.1) is 0 Å². The number of hydrogen-bond acceptors (Lipinski definition) is 1. The Kier molecular flexibility index (Phi) is 2.02. The molecule has 1 nitrogen and oxygen atoms in total. The third-order valence-corrected chi connectivity index (χ3v) is 6.53. The highest BCUT2D eigenvalue weighted by Gasteiger charge is 2.60. The normalized spacial score (nSPS) is 55.3. The molecule has 4 saturated carbocycles. The molecule has 5 aliphatic rings. The fraction of sp³-hybridized carbons (Fsp3) is 1.00. The van der Waals surface area contributed by atoms with Crippen molar-refractivity contribution in [2.45, 2.75) is 57.4 Å². The van der Waals surface area contributed by atoms with E-state index in [1.165, 1.54) is 25.9 Å². The Morgan fingerprint density at radius 1 is 1.00 bits per heavy atom. The minimum absolute atomic E-state index is 0.697. The smallest absolute Gasteiger partial charge is 0.0266 e. The summed E-state index contributed by atoms with van der Waals surface area (Å²) in [6.07, 6.45) is 11.0. The van der Waals surface area contributed by atoms with Crippen molar-refractivity contribution in [3.63, 3.8) is 0 Å². The molecule has 4 bridgehead atoms. The first-order valence-corrected chi connectivity index (χ1v) is 7.58. The van der Waals surface area contributed by atoms with Gasteiger partial charge in [-0.15, -0.1) is 0 Å². The van der Waals surface area contributed by atoms with Gasteiger partial charge in [0.15, 0.2) is 0 Å². The van der Waals surface area contributed by atoms with Crippen molar-refractivity contribution in [2.75, 3.05) is 13.1 Å². The molecule has 5 fully saturated rings. The summed E-state index contributed by atoms with van der Waals surface area (Å²) in [5.74, 6) is 4.44. The second-order valence-electron chi connectivity index (χ2n) is 6.98. The zero-order valence-electron chi connectivity index (χ0n) is 10.6. The van der Waals surface area contributed by atoms with Crippen LogP contribution in [0.15, 0.2) is 0 Å². The third kappa shape index (κ3) is 1.06. The molecule has 90 valence electrons. The lowest BCUT2D eigenvalue weighted by atomic mass is 9.48. The molecule has 0 aromatic heterocycles. The summed E-state index contributed by atoms with van der Waals surface area (Å²) >= 11 is 0. The van der Waals surface area contributed by atoms with Crippen LogP contribution >= 0.6 is 0 Å². The van der Waals surface area contributed by atoms with Crippen LogP contribution in [0.2, 0.25) is 0 Å². The van der Waals surface area contributed by atoms with Gasteiger partial charge in [0.2, 0.25) is 0 Å². The van der Waals surface area contributed by atoms with Crippen LogP contribution < -0.4 is 0 Å². The van der Waals surface area contributed by atoms with Gasteiger partial charge in [-0.05, 0) is 81.7 Å². The molecule has 0 unspecified atom stereocenters. The van der Waals surface area contributed by atoms with Crippen LogP contribution in [0.5, 0.6) is 0 Å². The molecule has 0 radical (unpaired) electrons. The number of rotatable bonds is 1.